The SMILES string of the molecule is Cc1ccc(CNC2CCOCC2)cc1[N+](=O)[O-]. The number of hydrogen-bond acceptors (Lipinski definition) is 4. The second-order valence-electron chi connectivity index (χ2n) is 4.65. The first kappa shape index (κ1) is 13.0. The molecule has 5 heteroatoms. The highest BCUT2D eigenvalue weighted by atomic mass is 16.6. The Morgan fingerprint density at radius 1 is 1.44 bits per heavy atom. The molecule has 2 rings (SSSR count). The van der Waals surface area contributed by atoms with Gasteiger partial charge >= 0.3 is 0 Å². The molecule has 1 N–H and O–H groups in total. The normalized spacial score (nSPS) is 16.7. The van der Waals surface area contributed by atoms with Crippen LogP contribution in [0.15, 0.2) is 18.2 Å². The summed E-state index contributed by atoms with van der Waals surface area (Å²) < 4.78 is 5.29. The number of nitro groups is 1. The van der Waals surface area contributed by atoms with E-state index in [1.807, 2.05) is 6.07 Å². The van der Waals surface area contributed by atoms with Gasteiger partial charge in [0.1, 0.15) is 0 Å². The van der Waals surface area contributed by atoms with Crippen LogP contribution in [0.2, 0.25) is 0 Å². The number of ether oxygens (including phenoxy) is 1. The van der Waals surface area contributed by atoms with Crippen LogP contribution in [0, 0.1) is 17.0 Å². The average molecular weight is 250 g/mol. The van der Waals surface area contributed by atoms with Crippen LogP contribution in [0.5, 0.6) is 0 Å². The minimum absolute atomic E-state index is 0.196. The monoisotopic (exact) mass is 250 g/mol. The third kappa shape index (κ3) is 3.27. The number of benzene rings is 1. The van der Waals surface area contributed by atoms with Gasteiger partial charge in [-0.3, -0.25) is 10.1 Å². The fourth-order valence-electron chi connectivity index (χ4n) is 2.13. The van der Waals surface area contributed by atoms with Gasteiger partial charge in [-0.2, -0.15) is 0 Å². The summed E-state index contributed by atoms with van der Waals surface area (Å²) in [6.45, 7) is 4.02. The molecule has 1 aromatic rings. The summed E-state index contributed by atoms with van der Waals surface area (Å²) in [4.78, 5) is 10.5. The minimum atomic E-state index is -0.326. The number of nitro benzene ring substituents is 1. The van der Waals surface area contributed by atoms with Crippen LogP contribution in [-0.2, 0) is 11.3 Å². The van der Waals surface area contributed by atoms with Gasteiger partial charge in [-0.15, -0.1) is 0 Å². The van der Waals surface area contributed by atoms with Crippen molar-refractivity contribution < 1.29 is 9.66 Å². The minimum Gasteiger partial charge on any atom is -0.381 e. The second kappa shape index (κ2) is 5.93. The Labute approximate surface area is 106 Å². The lowest BCUT2D eigenvalue weighted by molar-refractivity contribution is -0.385. The Bertz CT molecular complexity index is 428. The smallest absolute Gasteiger partial charge is 0.272 e. The lowest BCUT2D eigenvalue weighted by Gasteiger charge is -2.23. The lowest BCUT2D eigenvalue weighted by atomic mass is 10.1. The van der Waals surface area contributed by atoms with E-state index < -0.39 is 0 Å². The quantitative estimate of drug-likeness (QED) is 0.657. The lowest BCUT2D eigenvalue weighted by Crippen LogP contribution is -2.34. The molecule has 0 aromatic heterocycles. The molecule has 0 atom stereocenters. The first-order chi connectivity index (χ1) is 8.66. The largest absolute Gasteiger partial charge is 0.381 e. The highest BCUT2D eigenvalue weighted by Crippen LogP contribution is 2.19. The number of nitrogens with one attached hydrogen (secondary N) is 1. The zero-order valence-corrected chi connectivity index (χ0v) is 10.5. The number of nitrogens with zero attached hydrogens (tertiary/aromatic N) is 1. The number of hydrogen-bond donors (Lipinski definition) is 1. The maximum atomic E-state index is 10.8. The fourth-order valence-corrected chi connectivity index (χ4v) is 2.13. The van der Waals surface area contributed by atoms with Crippen molar-refractivity contribution in [3.05, 3.63) is 39.4 Å². The van der Waals surface area contributed by atoms with E-state index in [-0.39, 0.29) is 10.6 Å². The van der Waals surface area contributed by atoms with Gasteiger partial charge in [-0.25, -0.2) is 0 Å². The van der Waals surface area contributed by atoms with Crippen LogP contribution < -0.4 is 5.32 Å². The second-order valence-corrected chi connectivity index (χ2v) is 4.65. The van der Waals surface area contributed by atoms with Gasteiger partial charge in [0.25, 0.3) is 5.69 Å². The predicted molar refractivity (Wildman–Crippen MR) is 68.5 cm³/mol. The first-order valence-electron chi connectivity index (χ1n) is 6.22. The maximum Gasteiger partial charge on any atom is 0.272 e. The van der Waals surface area contributed by atoms with Gasteiger partial charge in [-0.1, -0.05) is 12.1 Å². The van der Waals surface area contributed by atoms with E-state index >= 15 is 0 Å². The molecule has 0 amide bonds. The molecule has 0 radical (unpaired) electrons. The predicted octanol–water partition coefficient (Wildman–Crippen LogP) is 2.17. The van der Waals surface area contributed by atoms with Gasteiger partial charge in [0, 0.05) is 37.4 Å². The van der Waals surface area contributed by atoms with Crippen LogP contribution in [0.1, 0.15) is 24.0 Å². The molecular formula is C13H18N2O3. The molecule has 0 saturated carbocycles. The molecule has 0 aliphatic carbocycles. The molecule has 1 aliphatic heterocycles. The summed E-state index contributed by atoms with van der Waals surface area (Å²) in [6, 6.07) is 5.86. The summed E-state index contributed by atoms with van der Waals surface area (Å²) >= 11 is 0. The molecule has 1 saturated heterocycles. The Hall–Kier alpha value is -1.46. The molecule has 0 spiro atoms. The van der Waals surface area contributed by atoms with E-state index in [4.69, 9.17) is 4.74 Å². The molecule has 0 bridgehead atoms. The Kier molecular flexibility index (Phi) is 4.28. The molecule has 0 unspecified atom stereocenters. The van der Waals surface area contributed by atoms with Crippen molar-refractivity contribution in [2.45, 2.75) is 32.4 Å². The van der Waals surface area contributed by atoms with E-state index in [0.29, 0.717) is 18.2 Å². The van der Waals surface area contributed by atoms with Crippen molar-refractivity contribution in [1.82, 2.24) is 5.32 Å². The number of rotatable bonds is 4. The van der Waals surface area contributed by atoms with Crippen LogP contribution in [0.4, 0.5) is 5.69 Å². The van der Waals surface area contributed by atoms with Crippen molar-refractivity contribution in [2.75, 3.05) is 13.2 Å². The fraction of sp³-hybridized carbons (Fsp3) is 0.538. The Morgan fingerprint density at radius 2 is 2.17 bits per heavy atom. The van der Waals surface area contributed by atoms with Crippen molar-refractivity contribution in [3.63, 3.8) is 0 Å². The Morgan fingerprint density at radius 3 is 2.83 bits per heavy atom. The third-order valence-electron chi connectivity index (χ3n) is 3.29. The molecule has 1 aliphatic rings. The average Bonchev–Trinajstić information content (AvgIpc) is 2.38. The standard InChI is InChI=1S/C13H18N2O3/c1-10-2-3-11(8-13(10)15(16)17)9-14-12-4-6-18-7-5-12/h2-3,8,12,14H,4-7,9H2,1H3. The van der Waals surface area contributed by atoms with E-state index in [9.17, 15) is 10.1 Å². The molecular weight excluding hydrogens is 232 g/mol. The zero-order chi connectivity index (χ0) is 13.0. The molecule has 98 valence electrons. The van der Waals surface area contributed by atoms with E-state index in [2.05, 4.69) is 5.32 Å². The molecule has 1 fully saturated rings. The van der Waals surface area contributed by atoms with E-state index in [0.717, 1.165) is 31.6 Å². The van der Waals surface area contributed by atoms with Gasteiger partial charge in [0.15, 0.2) is 0 Å². The van der Waals surface area contributed by atoms with Gasteiger partial charge in [-0.05, 0) is 25.3 Å². The van der Waals surface area contributed by atoms with Gasteiger partial charge in [0.2, 0.25) is 0 Å². The van der Waals surface area contributed by atoms with Crippen LogP contribution in [0.3, 0.4) is 0 Å². The van der Waals surface area contributed by atoms with Crippen LogP contribution in [0.25, 0.3) is 0 Å². The molecule has 5 nitrogen and oxygen atoms in total. The van der Waals surface area contributed by atoms with Crippen molar-refractivity contribution in [1.29, 1.82) is 0 Å². The van der Waals surface area contributed by atoms with Crippen LogP contribution >= 0.6 is 0 Å². The van der Waals surface area contributed by atoms with Crippen LogP contribution in [-0.4, -0.2) is 24.2 Å². The zero-order valence-electron chi connectivity index (χ0n) is 10.5. The maximum absolute atomic E-state index is 10.8. The molecule has 18 heavy (non-hydrogen) atoms. The summed E-state index contributed by atoms with van der Waals surface area (Å²) in [7, 11) is 0. The summed E-state index contributed by atoms with van der Waals surface area (Å²) in [5.41, 5.74) is 1.86. The van der Waals surface area contributed by atoms with Crippen molar-refractivity contribution in [2.24, 2.45) is 0 Å². The van der Waals surface area contributed by atoms with Crippen molar-refractivity contribution in [3.8, 4) is 0 Å². The van der Waals surface area contributed by atoms with Gasteiger partial charge in [0.05, 0.1) is 4.92 Å². The highest BCUT2D eigenvalue weighted by molar-refractivity contribution is 5.42. The first-order valence-corrected chi connectivity index (χ1v) is 6.22. The molecule has 1 heterocycles. The topological polar surface area (TPSA) is 64.4 Å². The van der Waals surface area contributed by atoms with E-state index in [1.54, 1.807) is 19.1 Å². The Balaban J connectivity index is 1.96. The van der Waals surface area contributed by atoms with Gasteiger partial charge < -0.3 is 10.1 Å². The third-order valence-corrected chi connectivity index (χ3v) is 3.29. The van der Waals surface area contributed by atoms with Crippen molar-refractivity contribution >= 4 is 5.69 Å². The van der Waals surface area contributed by atoms with E-state index in [1.165, 1.54) is 0 Å². The summed E-state index contributed by atoms with van der Waals surface area (Å²) in [5, 5.41) is 14.3. The summed E-state index contributed by atoms with van der Waals surface area (Å²) in [6.07, 6.45) is 2.02. The number of aryl methyl sites for hydroxylation is 1. The molecule has 1 aromatic carbocycles. The summed E-state index contributed by atoms with van der Waals surface area (Å²) in [5.74, 6) is 0. The highest BCUT2D eigenvalue weighted by Gasteiger charge is 2.14.